The number of aryl methyl sites for hydroxylation is 1. The van der Waals surface area contributed by atoms with Crippen molar-refractivity contribution in [2.45, 2.75) is 19.4 Å². The zero-order chi connectivity index (χ0) is 12.4. The van der Waals surface area contributed by atoms with Crippen LogP contribution in [0.1, 0.15) is 29.9 Å². The summed E-state index contributed by atoms with van der Waals surface area (Å²) in [5, 5.41) is 1.02. The van der Waals surface area contributed by atoms with Crippen LogP contribution in [0.3, 0.4) is 0 Å². The summed E-state index contributed by atoms with van der Waals surface area (Å²) in [6.07, 6.45) is 2.45. The number of benzene rings is 1. The van der Waals surface area contributed by atoms with Gasteiger partial charge in [-0.15, -0.1) is 0 Å². The van der Waals surface area contributed by atoms with Crippen molar-refractivity contribution < 1.29 is 4.42 Å². The molecule has 0 aliphatic heterocycles. The quantitative estimate of drug-likeness (QED) is 0.907. The maximum Gasteiger partial charge on any atom is 0.108 e. The third-order valence-corrected chi connectivity index (χ3v) is 3.59. The molecule has 0 aliphatic rings. The zero-order valence-electron chi connectivity index (χ0n) is 9.41. The van der Waals surface area contributed by atoms with Crippen molar-refractivity contribution in [1.82, 2.24) is 0 Å². The highest BCUT2D eigenvalue weighted by Gasteiger charge is 2.18. The summed E-state index contributed by atoms with van der Waals surface area (Å²) in [7, 11) is 0. The lowest BCUT2D eigenvalue weighted by atomic mass is 9.99. The van der Waals surface area contributed by atoms with Gasteiger partial charge in [-0.25, -0.2) is 0 Å². The summed E-state index contributed by atoms with van der Waals surface area (Å²) in [4.78, 5) is 0. The van der Waals surface area contributed by atoms with Gasteiger partial charge in [-0.05, 0) is 17.7 Å². The molecule has 2 aromatic rings. The smallest absolute Gasteiger partial charge is 0.108 e. The summed E-state index contributed by atoms with van der Waals surface area (Å²) in [5.74, 6) is 0.883. The van der Waals surface area contributed by atoms with Crippen LogP contribution in [0.2, 0.25) is 10.0 Å². The van der Waals surface area contributed by atoms with E-state index in [1.54, 1.807) is 12.3 Å². The van der Waals surface area contributed by atoms with Gasteiger partial charge >= 0.3 is 0 Å². The Bertz CT molecular complexity index is 522. The molecule has 1 unspecified atom stereocenters. The molecule has 0 spiro atoms. The average molecular weight is 270 g/mol. The maximum absolute atomic E-state index is 6.20. The fourth-order valence-electron chi connectivity index (χ4n) is 1.84. The first-order valence-electron chi connectivity index (χ1n) is 5.41. The van der Waals surface area contributed by atoms with Crippen molar-refractivity contribution in [2.75, 3.05) is 0 Å². The molecule has 17 heavy (non-hydrogen) atoms. The number of halogens is 2. The number of hydrogen-bond donors (Lipinski definition) is 1. The van der Waals surface area contributed by atoms with Gasteiger partial charge in [0.25, 0.3) is 0 Å². The second-order valence-corrected chi connectivity index (χ2v) is 4.56. The predicted molar refractivity (Wildman–Crippen MR) is 70.6 cm³/mol. The van der Waals surface area contributed by atoms with Gasteiger partial charge in [0.05, 0.1) is 22.4 Å². The minimum atomic E-state index is -0.310. The Labute approximate surface area is 110 Å². The van der Waals surface area contributed by atoms with Crippen molar-refractivity contribution >= 4 is 23.2 Å². The van der Waals surface area contributed by atoms with Crippen LogP contribution >= 0.6 is 23.2 Å². The first-order valence-corrected chi connectivity index (χ1v) is 6.16. The largest absolute Gasteiger partial charge is 0.469 e. The monoisotopic (exact) mass is 269 g/mol. The summed E-state index contributed by atoms with van der Waals surface area (Å²) in [6, 6.07) is 7.03. The van der Waals surface area contributed by atoms with Gasteiger partial charge < -0.3 is 10.2 Å². The van der Waals surface area contributed by atoms with Gasteiger partial charge in [0.1, 0.15) is 5.76 Å². The van der Waals surface area contributed by atoms with E-state index in [2.05, 4.69) is 0 Å². The minimum Gasteiger partial charge on any atom is -0.469 e. The lowest BCUT2D eigenvalue weighted by molar-refractivity contribution is 0.509. The van der Waals surface area contributed by atoms with Crippen LogP contribution in [0.4, 0.5) is 0 Å². The predicted octanol–water partition coefficient (Wildman–Crippen LogP) is 4.20. The molecule has 4 heteroatoms. The topological polar surface area (TPSA) is 39.2 Å². The van der Waals surface area contributed by atoms with E-state index in [1.807, 2.05) is 25.1 Å². The SMILES string of the molecule is CCc1occc1C(N)c1cccc(Cl)c1Cl. The number of nitrogens with two attached hydrogens (primary N) is 1. The minimum absolute atomic E-state index is 0.310. The Morgan fingerprint density at radius 2 is 2.00 bits per heavy atom. The Balaban J connectivity index is 2.44. The van der Waals surface area contributed by atoms with Gasteiger partial charge in [-0.1, -0.05) is 42.3 Å². The highest BCUT2D eigenvalue weighted by molar-refractivity contribution is 6.42. The molecule has 1 heterocycles. The van der Waals surface area contributed by atoms with Crippen molar-refractivity contribution in [3.05, 3.63) is 57.5 Å². The second-order valence-electron chi connectivity index (χ2n) is 3.77. The van der Waals surface area contributed by atoms with Gasteiger partial charge in [0, 0.05) is 12.0 Å². The normalized spacial score (nSPS) is 12.7. The molecule has 1 aromatic carbocycles. The summed E-state index contributed by atoms with van der Waals surface area (Å²) < 4.78 is 5.37. The second kappa shape index (κ2) is 5.13. The molecule has 2 N–H and O–H groups in total. The van der Waals surface area contributed by atoms with Crippen LogP contribution in [0.25, 0.3) is 0 Å². The number of hydrogen-bond acceptors (Lipinski definition) is 2. The number of furan rings is 1. The number of rotatable bonds is 3. The molecule has 0 bridgehead atoms. The molecular formula is C13H13Cl2NO. The van der Waals surface area contributed by atoms with Crippen LogP contribution in [-0.4, -0.2) is 0 Å². The highest BCUT2D eigenvalue weighted by atomic mass is 35.5. The molecule has 0 aliphatic carbocycles. The highest BCUT2D eigenvalue weighted by Crippen LogP contribution is 2.33. The molecule has 2 rings (SSSR count). The lowest BCUT2D eigenvalue weighted by Crippen LogP contribution is -2.13. The lowest BCUT2D eigenvalue weighted by Gasteiger charge is -2.14. The van der Waals surface area contributed by atoms with Crippen LogP contribution in [-0.2, 0) is 6.42 Å². The van der Waals surface area contributed by atoms with Gasteiger partial charge in [0.2, 0.25) is 0 Å². The van der Waals surface area contributed by atoms with E-state index >= 15 is 0 Å². The fourth-order valence-corrected chi connectivity index (χ4v) is 2.27. The molecular weight excluding hydrogens is 257 g/mol. The Hall–Kier alpha value is -0.960. The molecule has 0 saturated heterocycles. The molecule has 0 radical (unpaired) electrons. The zero-order valence-corrected chi connectivity index (χ0v) is 10.9. The first kappa shape index (κ1) is 12.5. The Morgan fingerprint density at radius 1 is 1.24 bits per heavy atom. The molecule has 2 nitrogen and oxygen atoms in total. The average Bonchev–Trinajstić information content (AvgIpc) is 2.80. The van der Waals surface area contributed by atoms with Crippen molar-refractivity contribution in [3.63, 3.8) is 0 Å². The molecule has 1 atom stereocenters. The van der Waals surface area contributed by atoms with Crippen molar-refractivity contribution in [2.24, 2.45) is 5.73 Å². The molecule has 0 saturated carbocycles. The van der Waals surface area contributed by atoms with E-state index in [-0.39, 0.29) is 6.04 Å². The Kier molecular flexibility index (Phi) is 3.77. The maximum atomic E-state index is 6.20. The third kappa shape index (κ3) is 2.34. The van der Waals surface area contributed by atoms with E-state index in [0.717, 1.165) is 23.3 Å². The summed E-state index contributed by atoms with van der Waals surface area (Å²) in [6.45, 7) is 2.02. The fraction of sp³-hybridized carbons (Fsp3) is 0.231. The van der Waals surface area contributed by atoms with E-state index in [0.29, 0.717) is 10.0 Å². The van der Waals surface area contributed by atoms with E-state index in [4.69, 9.17) is 33.4 Å². The van der Waals surface area contributed by atoms with E-state index in [9.17, 15) is 0 Å². The molecule has 0 amide bonds. The van der Waals surface area contributed by atoms with Crippen LogP contribution < -0.4 is 5.73 Å². The molecule has 90 valence electrons. The molecule has 0 fully saturated rings. The van der Waals surface area contributed by atoms with E-state index < -0.39 is 0 Å². The standard InChI is InChI=1S/C13H13Cl2NO/c1-2-11-8(6-7-17-11)13(16)9-4-3-5-10(14)12(9)15/h3-7,13H,2,16H2,1H3. The Morgan fingerprint density at radius 3 is 2.71 bits per heavy atom. The summed E-state index contributed by atoms with van der Waals surface area (Å²) >= 11 is 12.1. The third-order valence-electron chi connectivity index (χ3n) is 2.75. The van der Waals surface area contributed by atoms with Gasteiger partial charge in [-0.3, -0.25) is 0 Å². The van der Waals surface area contributed by atoms with Crippen molar-refractivity contribution in [3.8, 4) is 0 Å². The van der Waals surface area contributed by atoms with Crippen molar-refractivity contribution in [1.29, 1.82) is 0 Å². The van der Waals surface area contributed by atoms with Crippen LogP contribution in [0.5, 0.6) is 0 Å². The van der Waals surface area contributed by atoms with Gasteiger partial charge in [-0.2, -0.15) is 0 Å². The summed E-state index contributed by atoms with van der Waals surface area (Å²) in [5.41, 5.74) is 7.97. The van der Waals surface area contributed by atoms with E-state index in [1.165, 1.54) is 0 Å². The van der Waals surface area contributed by atoms with Gasteiger partial charge in [0.15, 0.2) is 0 Å². The van der Waals surface area contributed by atoms with Crippen LogP contribution in [0, 0.1) is 0 Å². The first-order chi connectivity index (χ1) is 8.15. The van der Waals surface area contributed by atoms with Crippen LogP contribution in [0.15, 0.2) is 34.9 Å². The molecule has 1 aromatic heterocycles.